The molecule has 0 bridgehead atoms. The van der Waals surface area contributed by atoms with Crippen molar-refractivity contribution in [3.63, 3.8) is 0 Å². The SMILES string of the molecule is CCc1ccccc1CC1=N[C@H](c2nnc(-c3ccccc3)o2)[C@H](N)N=C1. The van der Waals surface area contributed by atoms with Crippen LogP contribution in [0.3, 0.4) is 0 Å². The van der Waals surface area contributed by atoms with E-state index in [1.165, 1.54) is 11.1 Å². The fourth-order valence-corrected chi connectivity index (χ4v) is 3.16. The molecule has 0 saturated carbocycles. The zero-order valence-corrected chi connectivity index (χ0v) is 15.1. The summed E-state index contributed by atoms with van der Waals surface area (Å²) in [6, 6.07) is 17.5. The highest BCUT2D eigenvalue weighted by Gasteiger charge is 2.28. The minimum absolute atomic E-state index is 0.388. The molecule has 0 radical (unpaired) electrons. The Hall–Kier alpha value is -3.12. The number of aromatic nitrogens is 2. The van der Waals surface area contributed by atoms with Crippen LogP contribution in [0, 0.1) is 0 Å². The van der Waals surface area contributed by atoms with Crippen LogP contribution in [0.5, 0.6) is 0 Å². The number of hydrogen-bond donors (Lipinski definition) is 1. The third kappa shape index (κ3) is 3.71. The molecule has 0 saturated heterocycles. The summed E-state index contributed by atoms with van der Waals surface area (Å²) in [6.07, 6.45) is 2.91. The molecule has 6 nitrogen and oxygen atoms in total. The largest absolute Gasteiger partial charge is 0.418 e. The molecule has 136 valence electrons. The van der Waals surface area contributed by atoms with Gasteiger partial charge in [0.15, 0.2) is 6.04 Å². The van der Waals surface area contributed by atoms with Gasteiger partial charge in [0.2, 0.25) is 11.8 Å². The van der Waals surface area contributed by atoms with Gasteiger partial charge in [0.05, 0.1) is 5.71 Å². The first kappa shape index (κ1) is 17.3. The van der Waals surface area contributed by atoms with Crippen molar-refractivity contribution >= 4 is 11.9 Å². The minimum atomic E-state index is -0.528. The van der Waals surface area contributed by atoms with E-state index in [1.807, 2.05) is 36.4 Å². The Morgan fingerprint density at radius 2 is 1.70 bits per heavy atom. The van der Waals surface area contributed by atoms with Crippen molar-refractivity contribution in [3.05, 3.63) is 71.6 Å². The number of rotatable bonds is 5. The molecule has 2 heterocycles. The summed E-state index contributed by atoms with van der Waals surface area (Å²) in [5.74, 6) is 0.847. The summed E-state index contributed by atoms with van der Waals surface area (Å²) in [4.78, 5) is 9.15. The zero-order valence-electron chi connectivity index (χ0n) is 15.1. The molecular weight excluding hydrogens is 338 g/mol. The van der Waals surface area contributed by atoms with Crippen molar-refractivity contribution in [3.8, 4) is 11.5 Å². The Labute approximate surface area is 157 Å². The van der Waals surface area contributed by atoms with Crippen LogP contribution in [-0.4, -0.2) is 28.3 Å². The molecule has 4 rings (SSSR count). The van der Waals surface area contributed by atoms with Crippen LogP contribution in [0.2, 0.25) is 0 Å². The maximum Gasteiger partial charge on any atom is 0.247 e. The summed E-state index contributed by atoms with van der Waals surface area (Å²) >= 11 is 0. The molecule has 0 fully saturated rings. The van der Waals surface area contributed by atoms with Gasteiger partial charge in [-0.15, -0.1) is 10.2 Å². The Kier molecular flexibility index (Phi) is 4.89. The lowest BCUT2D eigenvalue weighted by atomic mass is 10.00. The van der Waals surface area contributed by atoms with Crippen LogP contribution in [0.4, 0.5) is 0 Å². The molecule has 1 aliphatic rings. The van der Waals surface area contributed by atoms with Crippen molar-refractivity contribution in [2.24, 2.45) is 15.7 Å². The highest BCUT2D eigenvalue weighted by atomic mass is 16.4. The maximum atomic E-state index is 6.14. The molecular formula is C21H21N5O. The second-order valence-corrected chi connectivity index (χ2v) is 6.44. The number of nitrogens with two attached hydrogens (primary N) is 1. The topological polar surface area (TPSA) is 89.7 Å². The van der Waals surface area contributed by atoms with E-state index in [2.05, 4.69) is 40.3 Å². The van der Waals surface area contributed by atoms with E-state index < -0.39 is 12.2 Å². The van der Waals surface area contributed by atoms with Gasteiger partial charge in [0, 0.05) is 18.2 Å². The van der Waals surface area contributed by atoms with Gasteiger partial charge in [-0.05, 0) is 29.7 Å². The lowest BCUT2D eigenvalue weighted by Gasteiger charge is -2.19. The molecule has 0 unspecified atom stereocenters. The summed E-state index contributed by atoms with van der Waals surface area (Å²) in [7, 11) is 0. The highest BCUT2D eigenvalue weighted by Crippen LogP contribution is 2.26. The first-order valence-corrected chi connectivity index (χ1v) is 9.05. The van der Waals surface area contributed by atoms with E-state index in [9.17, 15) is 0 Å². The fourth-order valence-electron chi connectivity index (χ4n) is 3.16. The number of hydrogen-bond acceptors (Lipinski definition) is 6. The van der Waals surface area contributed by atoms with Gasteiger partial charge < -0.3 is 10.2 Å². The van der Waals surface area contributed by atoms with Crippen LogP contribution >= 0.6 is 0 Å². The predicted molar refractivity (Wildman–Crippen MR) is 106 cm³/mol. The van der Waals surface area contributed by atoms with Gasteiger partial charge in [0.25, 0.3) is 0 Å². The Balaban J connectivity index is 1.59. The van der Waals surface area contributed by atoms with Gasteiger partial charge in [-0.2, -0.15) is 0 Å². The van der Waals surface area contributed by atoms with E-state index in [1.54, 1.807) is 6.21 Å². The van der Waals surface area contributed by atoms with Gasteiger partial charge in [-0.25, -0.2) is 0 Å². The number of aryl methyl sites for hydroxylation is 1. The first-order valence-electron chi connectivity index (χ1n) is 9.05. The summed E-state index contributed by atoms with van der Waals surface area (Å²) in [5.41, 5.74) is 10.4. The summed E-state index contributed by atoms with van der Waals surface area (Å²) in [6.45, 7) is 2.15. The number of aliphatic imine (C=N–C) groups is 2. The van der Waals surface area contributed by atoms with Gasteiger partial charge in [-0.1, -0.05) is 49.4 Å². The van der Waals surface area contributed by atoms with Crippen molar-refractivity contribution in [1.29, 1.82) is 0 Å². The fraction of sp³-hybridized carbons (Fsp3) is 0.238. The first-order chi connectivity index (χ1) is 13.2. The van der Waals surface area contributed by atoms with E-state index in [0.29, 0.717) is 18.2 Å². The molecule has 0 aliphatic carbocycles. The van der Waals surface area contributed by atoms with Crippen molar-refractivity contribution in [2.75, 3.05) is 0 Å². The zero-order chi connectivity index (χ0) is 18.6. The molecule has 6 heteroatoms. The number of nitrogens with zero attached hydrogens (tertiary/aromatic N) is 4. The Bertz CT molecular complexity index is 977. The van der Waals surface area contributed by atoms with Crippen LogP contribution in [0.25, 0.3) is 11.5 Å². The average molecular weight is 359 g/mol. The molecule has 1 aliphatic heterocycles. The van der Waals surface area contributed by atoms with Crippen molar-refractivity contribution in [2.45, 2.75) is 32.0 Å². The molecule has 0 spiro atoms. The molecule has 1 aromatic heterocycles. The molecule has 0 amide bonds. The smallest absolute Gasteiger partial charge is 0.247 e. The molecule has 2 atom stereocenters. The van der Waals surface area contributed by atoms with Crippen LogP contribution < -0.4 is 5.73 Å². The van der Waals surface area contributed by atoms with E-state index in [0.717, 1.165) is 17.7 Å². The highest BCUT2D eigenvalue weighted by molar-refractivity contribution is 6.31. The third-order valence-corrected chi connectivity index (χ3v) is 4.61. The summed E-state index contributed by atoms with van der Waals surface area (Å²) < 4.78 is 5.84. The quantitative estimate of drug-likeness (QED) is 0.756. The monoisotopic (exact) mass is 359 g/mol. The predicted octanol–water partition coefficient (Wildman–Crippen LogP) is 3.39. The molecule has 2 N–H and O–H groups in total. The van der Waals surface area contributed by atoms with Gasteiger partial charge in [-0.3, -0.25) is 9.98 Å². The van der Waals surface area contributed by atoms with E-state index in [-0.39, 0.29) is 0 Å². The van der Waals surface area contributed by atoms with Crippen LogP contribution in [0.1, 0.15) is 30.0 Å². The van der Waals surface area contributed by atoms with Gasteiger partial charge in [0.1, 0.15) is 6.17 Å². The average Bonchev–Trinajstić information content (AvgIpc) is 3.20. The second kappa shape index (κ2) is 7.63. The van der Waals surface area contributed by atoms with E-state index in [4.69, 9.17) is 15.1 Å². The Morgan fingerprint density at radius 3 is 2.48 bits per heavy atom. The lowest BCUT2D eigenvalue weighted by Crippen LogP contribution is -2.31. The molecule has 27 heavy (non-hydrogen) atoms. The molecule has 3 aromatic rings. The van der Waals surface area contributed by atoms with Crippen LogP contribution in [0.15, 0.2) is 69.0 Å². The standard InChI is InChI=1S/C21H21N5O/c1-2-14-8-6-7-11-16(14)12-17-13-23-19(22)18(24-17)21-26-25-20(27-21)15-9-4-3-5-10-15/h3-11,13,18-19H,2,12,22H2,1H3/t18-,19+/m0/s1. The summed E-state index contributed by atoms with van der Waals surface area (Å²) in [5, 5.41) is 8.30. The van der Waals surface area contributed by atoms with E-state index >= 15 is 0 Å². The number of benzene rings is 2. The minimum Gasteiger partial charge on any atom is -0.418 e. The van der Waals surface area contributed by atoms with Crippen molar-refractivity contribution < 1.29 is 4.42 Å². The van der Waals surface area contributed by atoms with Crippen molar-refractivity contribution in [1.82, 2.24) is 10.2 Å². The molecule has 2 aromatic carbocycles. The third-order valence-electron chi connectivity index (χ3n) is 4.61. The maximum absolute atomic E-state index is 6.14. The second-order valence-electron chi connectivity index (χ2n) is 6.44. The normalized spacial score (nSPS) is 19.1. The van der Waals surface area contributed by atoms with Crippen LogP contribution in [-0.2, 0) is 12.8 Å². The van der Waals surface area contributed by atoms with Gasteiger partial charge >= 0.3 is 0 Å². The Morgan fingerprint density at radius 1 is 0.963 bits per heavy atom. The lowest BCUT2D eigenvalue weighted by molar-refractivity contribution is 0.420.